The third kappa shape index (κ3) is 3.91. The van der Waals surface area contributed by atoms with E-state index in [2.05, 4.69) is 20.8 Å². The summed E-state index contributed by atoms with van der Waals surface area (Å²) in [5.74, 6) is 2.56. The van der Waals surface area contributed by atoms with Crippen LogP contribution >= 0.6 is 0 Å². The van der Waals surface area contributed by atoms with Gasteiger partial charge in [-0.15, -0.1) is 0 Å². The Bertz CT molecular complexity index is 721. The summed E-state index contributed by atoms with van der Waals surface area (Å²) in [7, 11) is 0. The number of carboxylic acids is 1. The van der Waals surface area contributed by atoms with E-state index in [1.54, 1.807) is 0 Å². The van der Waals surface area contributed by atoms with E-state index in [4.69, 9.17) is 9.84 Å². The minimum Gasteiger partial charge on any atom is -0.481 e. The van der Waals surface area contributed by atoms with Crippen molar-refractivity contribution in [2.45, 2.75) is 111 Å². The summed E-state index contributed by atoms with van der Waals surface area (Å²) < 4.78 is 6.03. The predicted octanol–water partition coefficient (Wildman–Crippen LogP) is 5.44. The SMILES string of the molecule is CCC(=O)OC1C[C@@H](O)C[C@H]2CC[C@H]3[C@@H]4CC[C@H]([C@H](C)CCC(=O)O)[C@@]4(C)CC[C@@H]3[C@@]12C. The molecule has 0 aromatic carbocycles. The zero-order valence-corrected chi connectivity index (χ0v) is 20.5. The van der Waals surface area contributed by atoms with Gasteiger partial charge in [0.25, 0.3) is 0 Å². The fourth-order valence-electron chi connectivity index (χ4n) is 9.21. The number of carboxylic acid groups (broad SMARTS) is 1. The summed E-state index contributed by atoms with van der Waals surface area (Å²) in [6.45, 7) is 8.99. The first-order valence-corrected chi connectivity index (χ1v) is 13.2. The molecule has 0 aliphatic heterocycles. The zero-order valence-electron chi connectivity index (χ0n) is 20.5. The molecule has 182 valence electrons. The van der Waals surface area contributed by atoms with Crippen molar-refractivity contribution in [2.24, 2.45) is 46.3 Å². The van der Waals surface area contributed by atoms with Gasteiger partial charge in [-0.2, -0.15) is 0 Å². The van der Waals surface area contributed by atoms with Crippen molar-refractivity contribution < 1.29 is 24.5 Å². The molecule has 0 heterocycles. The van der Waals surface area contributed by atoms with Gasteiger partial charge in [0.1, 0.15) is 6.10 Å². The molecule has 0 spiro atoms. The average Bonchev–Trinajstić information content (AvgIpc) is 3.10. The van der Waals surface area contributed by atoms with Gasteiger partial charge in [-0.05, 0) is 92.3 Å². The molecule has 0 amide bonds. The van der Waals surface area contributed by atoms with Crippen LogP contribution in [0.1, 0.15) is 98.3 Å². The van der Waals surface area contributed by atoms with Crippen molar-refractivity contribution in [1.29, 1.82) is 0 Å². The highest BCUT2D eigenvalue weighted by atomic mass is 16.5. The number of ether oxygens (including phenoxy) is 1. The lowest BCUT2D eigenvalue weighted by Gasteiger charge is -2.62. The summed E-state index contributed by atoms with van der Waals surface area (Å²) in [6.07, 6.45) is 9.52. The number of carbonyl (C=O) groups excluding carboxylic acids is 1. The number of aliphatic hydroxyl groups excluding tert-OH is 1. The van der Waals surface area contributed by atoms with Gasteiger partial charge < -0.3 is 14.9 Å². The van der Waals surface area contributed by atoms with Gasteiger partial charge in [0.2, 0.25) is 0 Å². The van der Waals surface area contributed by atoms with E-state index < -0.39 is 5.97 Å². The van der Waals surface area contributed by atoms with Crippen molar-refractivity contribution in [3.05, 3.63) is 0 Å². The van der Waals surface area contributed by atoms with Crippen LogP contribution in [0.5, 0.6) is 0 Å². The molecule has 2 N–H and O–H groups in total. The second-order valence-corrected chi connectivity index (χ2v) is 12.1. The van der Waals surface area contributed by atoms with Crippen LogP contribution in [0.2, 0.25) is 0 Å². The zero-order chi connectivity index (χ0) is 23.3. The van der Waals surface area contributed by atoms with E-state index in [0.717, 1.165) is 19.3 Å². The molecule has 0 radical (unpaired) electrons. The Morgan fingerprint density at radius 2 is 1.81 bits per heavy atom. The number of carbonyl (C=O) groups is 2. The second kappa shape index (κ2) is 8.92. The molecule has 4 fully saturated rings. The summed E-state index contributed by atoms with van der Waals surface area (Å²) >= 11 is 0. The molecule has 5 nitrogen and oxygen atoms in total. The number of aliphatic hydroxyl groups is 1. The van der Waals surface area contributed by atoms with E-state index in [9.17, 15) is 14.7 Å². The number of hydrogen-bond donors (Lipinski definition) is 2. The highest BCUT2D eigenvalue weighted by molar-refractivity contribution is 5.69. The monoisotopic (exact) mass is 448 g/mol. The van der Waals surface area contributed by atoms with Crippen LogP contribution in [-0.2, 0) is 14.3 Å². The van der Waals surface area contributed by atoms with Crippen LogP contribution in [0.4, 0.5) is 0 Å². The standard InChI is InChI=1S/C27H44O5/c1-5-25(31)32-23-15-18(28)14-17-7-8-19-21-10-9-20(16(2)6-11-24(29)30)26(21,3)13-12-22(19)27(17,23)4/h16-23,28H,5-15H2,1-4H3,(H,29,30)/t16-,17-,18+,19+,20-,21+,22+,23?,26-,27+/m1/s1. The van der Waals surface area contributed by atoms with Crippen LogP contribution in [0.3, 0.4) is 0 Å². The van der Waals surface area contributed by atoms with Gasteiger partial charge in [-0.1, -0.05) is 27.7 Å². The van der Waals surface area contributed by atoms with Crippen molar-refractivity contribution in [1.82, 2.24) is 0 Å². The molecule has 0 bridgehead atoms. The molecule has 1 unspecified atom stereocenters. The van der Waals surface area contributed by atoms with Crippen LogP contribution in [-0.4, -0.2) is 34.4 Å². The van der Waals surface area contributed by atoms with Gasteiger partial charge in [-0.3, -0.25) is 9.59 Å². The fraction of sp³-hybridized carbons (Fsp3) is 0.926. The predicted molar refractivity (Wildman–Crippen MR) is 123 cm³/mol. The topological polar surface area (TPSA) is 83.8 Å². The first kappa shape index (κ1) is 24.0. The Balaban J connectivity index is 1.56. The molecule has 4 rings (SSSR count). The van der Waals surface area contributed by atoms with Crippen molar-refractivity contribution in [2.75, 3.05) is 0 Å². The average molecular weight is 449 g/mol. The Hall–Kier alpha value is -1.10. The minimum atomic E-state index is -0.682. The molecular formula is C27H44O5. The lowest BCUT2D eigenvalue weighted by atomic mass is 9.43. The summed E-state index contributed by atoms with van der Waals surface area (Å²) in [5, 5.41) is 19.7. The maximum atomic E-state index is 12.3. The molecule has 5 heteroatoms. The van der Waals surface area contributed by atoms with E-state index in [1.807, 2.05) is 6.92 Å². The number of rotatable bonds is 6. The number of hydrogen-bond acceptors (Lipinski definition) is 4. The largest absolute Gasteiger partial charge is 0.481 e. The fourth-order valence-corrected chi connectivity index (χ4v) is 9.21. The summed E-state index contributed by atoms with van der Waals surface area (Å²) in [6, 6.07) is 0. The van der Waals surface area contributed by atoms with Crippen molar-refractivity contribution >= 4 is 11.9 Å². The van der Waals surface area contributed by atoms with Gasteiger partial charge >= 0.3 is 11.9 Å². The first-order chi connectivity index (χ1) is 15.1. The molecule has 4 saturated carbocycles. The van der Waals surface area contributed by atoms with Crippen LogP contribution < -0.4 is 0 Å². The summed E-state index contributed by atoms with van der Waals surface area (Å²) in [5.41, 5.74) is 0.257. The first-order valence-electron chi connectivity index (χ1n) is 13.2. The molecule has 32 heavy (non-hydrogen) atoms. The maximum Gasteiger partial charge on any atom is 0.305 e. The summed E-state index contributed by atoms with van der Waals surface area (Å²) in [4.78, 5) is 23.4. The molecule has 0 aromatic rings. The minimum absolute atomic E-state index is 0.0404. The van der Waals surface area contributed by atoms with Gasteiger partial charge in [-0.25, -0.2) is 0 Å². The second-order valence-electron chi connectivity index (χ2n) is 12.1. The Morgan fingerprint density at radius 1 is 1.06 bits per heavy atom. The molecule has 0 aromatic heterocycles. The number of fused-ring (bicyclic) bond motifs is 5. The smallest absolute Gasteiger partial charge is 0.305 e. The molecule has 4 aliphatic carbocycles. The van der Waals surface area contributed by atoms with E-state index >= 15 is 0 Å². The van der Waals surface area contributed by atoms with Gasteiger partial charge in [0, 0.05) is 24.7 Å². The highest BCUT2D eigenvalue weighted by Gasteiger charge is 2.63. The van der Waals surface area contributed by atoms with Crippen LogP contribution in [0.15, 0.2) is 0 Å². The third-order valence-electron chi connectivity index (χ3n) is 10.8. The number of esters is 1. The molecule has 10 atom stereocenters. The number of aliphatic carboxylic acids is 1. The lowest BCUT2D eigenvalue weighted by Crippen LogP contribution is -2.60. The van der Waals surface area contributed by atoms with Gasteiger partial charge in [0.05, 0.1) is 6.10 Å². The quantitative estimate of drug-likeness (QED) is 0.529. The Labute approximate surface area is 193 Å². The van der Waals surface area contributed by atoms with E-state index in [1.165, 1.54) is 32.1 Å². The Kier molecular flexibility index (Phi) is 6.70. The third-order valence-corrected chi connectivity index (χ3v) is 10.8. The van der Waals surface area contributed by atoms with Crippen LogP contribution in [0, 0.1) is 46.3 Å². The van der Waals surface area contributed by atoms with E-state index in [0.29, 0.717) is 53.8 Å². The molecule has 4 aliphatic rings. The van der Waals surface area contributed by atoms with Gasteiger partial charge in [0.15, 0.2) is 0 Å². The van der Waals surface area contributed by atoms with Crippen LogP contribution in [0.25, 0.3) is 0 Å². The van der Waals surface area contributed by atoms with E-state index in [-0.39, 0.29) is 30.0 Å². The Morgan fingerprint density at radius 3 is 2.50 bits per heavy atom. The highest BCUT2D eigenvalue weighted by Crippen LogP contribution is 2.68. The lowest BCUT2D eigenvalue weighted by molar-refractivity contribution is -0.203. The molecule has 0 saturated heterocycles. The van der Waals surface area contributed by atoms with Crippen molar-refractivity contribution in [3.63, 3.8) is 0 Å². The maximum absolute atomic E-state index is 12.3. The van der Waals surface area contributed by atoms with Crippen molar-refractivity contribution in [3.8, 4) is 0 Å². The molecular weight excluding hydrogens is 404 g/mol. The normalized spacial score (nSPS) is 46.5.